The molecule has 0 aromatic carbocycles. The molecule has 5 rings (SSSR count). The summed E-state index contributed by atoms with van der Waals surface area (Å²) in [6.07, 6.45) is 9.46. The Morgan fingerprint density at radius 3 is 2.36 bits per heavy atom. The topological polar surface area (TPSA) is 55.8 Å². The highest BCUT2D eigenvalue weighted by molar-refractivity contribution is 5.66. The average molecular weight is 499 g/mol. The van der Waals surface area contributed by atoms with Gasteiger partial charge in [0.1, 0.15) is 12.2 Å². The second-order valence-electron chi connectivity index (χ2n) is 14.6. The van der Waals surface area contributed by atoms with Crippen molar-refractivity contribution in [1.29, 1.82) is 0 Å². The number of hydrogen-bond donors (Lipinski definition) is 1. The third kappa shape index (κ3) is 3.49. The van der Waals surface area contributed by atoms with E-state index >= 15 is 0 Å². The zero-order valence-electron chi connectivity index (χ0n) is 24.2. The number of carbonyl (C=O) groups is 1. The molecule has 1 aliphatic heterocycles. The van der Waals surface area contributed by atoms with E-state index in [1.165, 1.54) is 25.3 Å². The van der Waals surface area contributed by atoms with E-state index in [2.05, 4.69) is 61.5 Å². The van der Waals surface area contributed by atoms with E-state index in [-0.39, 0.29) is 58.0 Å². The minimum Gasteiger partial charge on any atom is -0.459 e. The second-order valence-corrected chi connectivity index (χ2v) is 14.6. The smallest absolute Gasteiger partial charge is 0.303 e. The highest BCUT2D eigenvalue weighted by Gasteiger charge is 2.68. The normalized spacial score (nSPS) is 49.3. The van der Waals surface area contributed by atoms with E-state index in [4.69, 9.17) is 9.47 Å². The number of aliphatic hydroxyl groups is 1. The van der Waals surface area contributed by atoms with E-state index in [0.29, 0.717) is 11.8 Å². The molecule has 4 nitrogen and oxygen atoms in total. The summed E-state index contributed by atoms with van der Waals surface area (Å²) in [4.78, 5) is 12.1. The maximum Gasteiger partial charge on any atom is 0.303 e. The molecule has 3 fully saturated rings. The van der Waals surface area contributed by atoms with Crippen LogP contribution in [0.25, 0.3) is 0 Å². The minimum absolute atomic E-state index is 0.0384. The van der Waals surface area contributed by atoms with Gasteiger partial charge in [-0.05, 0) is 92.3 Å². The molecule has 10 atom stereocenters. The zero-order valence-corrected chi connectivity index (χ0v) is 24.2. The van der Waals surface area contributed by atoms with Gasteiger partial charge in [0.25, 0.3) is 0 Å². The van der Waals surface area contributed by atoms with Gasteiger partial charge in [0, 0.05) is 12.8 Å². The fourth-order valence-corrected chi connectivity index (χ4v) is 10.4. The first kappa shape index (κ1) is 26.5. The van der Waals surface area contributed by atoms with Gasteiger partial charge in [-0.3, -0.25) is 4.79 Å². The number of carbonyl (C=O) groups excluding carboxylic acids is 1. The highest BCUT2D eigenvalue weighted by Crippen LogP contribution is 2.73. The first-order valence-corrected chi connectivity index (χ1v) is 14.6. The summed E-state index contributed by atoms with van der Waals surface area (Å²) >= 11 is 0. The van der Waals surface area contributed by atoms with Crippen LogP contribution in [0.4, 0.5) is 0 Å². The van der Waals surface area contributed by atoms with Crippen molar-refractivity contribution in [2.45, 2.75) is 132 Å². The van der Waals surface area contributed by atoms with Crippen LogP contribution in [0.3, 0.4) is 0 Å². The van der Waals surface area contributed by atoms with E-state index in [0.717, 1.165) is 32.1 Å². The molecule has 36 heavy (non-hydrogen) atoms. The van der Waals surface area contributed by atoms with E-state index in [9.17, 15) is 9.90 Å². The Balaban J connectivity index is 1.56. The lowest BCUT2D eigenvalue weighted by Crippen LogP contribution is -2.56. The van der Waals surface area contributed by atoms with Crippen molar-refractivity contribution < 1.29 is 19.4 Å². The summed E-state index contributed by atoms with van der Waals surface area (Å²) in [7, 11) is 0. The lowest BCUT2D eigenvalue weighted by molar-refractivity contribution is -0.191. The summed E-state index contributed by atoms with van der Waals surface area (Å²) < 4.78 is 12.8. The summed E-state index contributed by atoms with van der Waals surface area (Å²) in [6, 6.07) is 0. The largest absolute Gasteiger partial charge is 0.459 e. The van der Waals surface area contributed by atoms with Crippen LogP contribution < -0.4 is 0 Å². The molecule has 4 aliphatic carbocycles. The van der Waals surface area contributed by atoms with Crippen molar-refractivity contribution in [2.24, 2.45) is 39.4 Å². The van der Waals surface area contributed by atoms with Crippen LogP contribution >= 0.6 is 0 Å². The first-order chi connectivity index (χ1) is 16.7. The van der Waals surface area contributed by atoms with Crippen LogP contribution in [0.15, 0.2) is 22.8 Å². The molecule has 2 saturated carbocycles. The first-order valence-electron chi connectivity index (χ1n) is 14.6. The van der Waals surface area contributed by atoms with Crippen molar-refractivity contribution in [2.75, 3.05) is 0 Å². The maximum absolute atomic E-state index is 12.1. The maximum atomic E-state index is 12.1. The number of rotatable bonds is 2. The molecule has 0 bridgehead atoms. The predicted octanol–water partition coefficient (Wildman–Crippen LogP) is 7.01. The van der Waals surface area contributed by atoms with Gasteiger partial charge in [-0.2, -0.15) is 0 Å². The summed E-state index contributed by atoms with van der Waals surface area (Å²) in [5, 5.41) is 10.9. The number of aliphatic hydroxyl groups excluding tert-OH is 1. The van der Waals surface area contributed by atoms with Gasteiger partial charge >= 0.3 is 5.97 Å². The fourth-order valence-electron chi connectivity index (χ4n) is 10.4. The van der Waals surface area contributed by atoms with Crippen LogP contribution in [-0.4, -0.2) is 35.5 Å². The molecule has 1 N–H and O–H groups in total. The molecule has 0 spiro atoms. The molecule has 0 radical (unpaired) electrons. The van der Waals surface area contributed by atoms with Crippen molar-refractivity contribution in [1.82, 2.24) is 0 Å². The van der Waals surface area contributed by atoms with Gasteiger partial charge in [-0.1, -0.05) is 64.3 Å². The summed E-state index contributed by atoms with van der Waals surface area (Å²) in [5.41, 5.74) is 5.01. The predicted molar refractivity (Wildman–Crippen MR) is 143 cm³/mol. The molecule has 0 amide bonds. The van der Waals surface area contributed by atoms with E-state index < -0.39 is 0 Å². The van der Waals surface area contributed by atoms with Gasteiger partial charge < -0.3 is 14.6 Å². The molecule has 1 heterocycles. The lowest BCUT2D eigenvalue weighted by Gasteiger charge is -2.62. The van der Waals surface area contributed by atoms with Crippen LogP contribution in [0.1, 0.15) is 107 Å². The Kier molecular flexibility index (Phi) is 6.20. The Labute approximate surface area is 219 Å². The monoisotopic (exact) mass is 498 g/mol. The van der Waals surface area contributed by atoms with Crippen molar-refractivity contribution in [3.05, 3.63) is 22.8 Å². The third-order valence-electron chi connectivity index (χ3n) is 12.3. The number of allylic oxidation sites excluding steroid dienone is 3. The number of hydrogen-bond acceptors (Lipinski definition) is 4. The second kappa shape index (κ2) is 8.43. The fraction of sp³-hybridized carbons (Fsp3) is 0.844. The van der Waals surface area contributed by atoms with E-state index in [1.807, 2.05) is 0 Å². The molecular weight excluding hydrogens is 448 g/mol. The molecule has 1 saturated heterocycles. The van der Waals surface area contributed by atoms with Gasteiger partial charge in [-0.15, -0.1) is 0 Å². The molecule has 5 aliphatic rings. The molecule has 0 unspecified atom stereocenters. The average Bonchev–Trinajstić information content (AvgIpc) is 3.00. The standard InChI is InChI=1S/C32H50O4/c1-18(2)16-23-28(35-20(4)33)19(3)27-24(36-23)17-32(9)22-10-11-25-29(5,6)26(34)13-14-30(25,7)21(22)12-15-31(27,32)8/h16,19,23-28,34H,10-15,17H2,1-9H3/t19-,23-,24+,25-,26+,27+,28-,30-,31+,32+/m0/s1. The van der Waals surface area contributed by atoms with Crippen molar-refractivity contribution in [3.63, 3.8) is 0 Å². The van der Waals surface area contributed by atoms with Crippen molar-refractivity contribution >= 4 is 5.97 Å². The van der Waals surface area contributed by atoms with Crippen LogP contribution in [0, 0.1) is 39.4 Å². The Morgan fingerprint density at radius 2 is 1.72 bits per heavy atom. The highest BCUT2D eigenvalue weighted by atomic mass is 16.6. The van der Waals surface area contributed by atoms with E-state index in [1.54, 1.807) is 11.1 Å². The number of fused-ring (bicyclic) bond motifs is 6. The Morgan fingerprint density at radius 1 is 1.03 bits per heavy atom. The molecule has 0 aromatic heterocycles. The third-order valence-corrected chi connectivity index (χ3v) is 12.3. The Bertz CT molecular complexity index is 988. The van der Waals surface area contributed by atoms with Gasteiger partial charge in [0.2, 0.25) is 0 Å². The van der Waals surface area contributed by atoms with Gasteiger partial charge in [0.05, 0.1) is 12.2 Å². The number of esters is 1. The minimum atomic E-state index is -0.234. The molecule has 202 valence electrons. The molecular formula is C32H50O4. The van der Waals surface area contributed by atoms with Crippen LogP contribution in [0.2, 0.25) is 0 Å². The lowest BCUT2D eigenvalue weighted by atomic mass is 9.43. The SMILES string of the molecule is CC(=O)O[C@H]1[C@@H](C)[C@@H]2[C@@H](C[C@]3(C)C4=C(CC[C@]23C)[C@]2(C)CC[C@@H](O)C(C)(C)[C@@H]2CC4)O[C@H]1C=C(C)C. The molecule has 0 aromatic rings. The number of ether oxygens (including phenoxy) is 2. The van der Waals surface area contributed by atoms with Crippen LogP contribution in [-0.2, 0) is 14.3 Å². The Hall–Kier alpha value is -1.13. The molecule has 4 heteroatoms. The summed E-state index contributed by atoms with van der Waals surface area (Å²) in [5.74, 6) is 0.944. The summed E-state index contributed by atoms with van der Waals surface area (Å²) in [6.45, 7) is 20.2. The van der Waals surface area contributed by atoms with Crippen LogP contribution in [0.5, 0.6) is 0 Å². The quantitative estimate of drug-likeness (QED) is 0.329. The van der Waals surface area contributed by atoms with Gasteiger partial charge in [0.15, 0.2) is 0 Å². The van der Waals surface area contributed by atoms with Crippen molar-refractivity contribution in [3.8, 4) is 0 Å². The zero-order chi connectivity index (χ0) is 26.4. The van der Waals surface area contributed by atoms with Gasteiger partial charge in [-0.25, -0.2) is 0 Å².